The Hall–Kier alpha value is -2.78. The minimum atomic E-state index is -0.478. The van der Waals surface area contributed by atoms with E-state index in [2.05, 4.69) is 30.6 Å². The van der Waals surface area contributed by atoms with Crippen molar-refractivity contribution in [2.75, 3.05) is 0 Å². The van der Waals surface area contributed by atoms with Crippen LogP contribution < -0.4 is 5.32 Å². The third-order valence-electron chi connectivity index (χ3n) is 4.38. The maximum absolute atomic E-state index is 12.5. The first kappa shape index (κ1) is 19.0. The second-order valence-electron chi connectivity index (χ2n) is 7.76. The van der Waals surface area contributed by atoms with E-state index in [9.17, 15) is 9.59 Å². The Morgan fingerprint density at radius 3 is 2.56 bits per heavy atom. The second kappa shape index (κ2) is 7.45. The Morgan fingerprint density at radius 1 is 1.26 bits per heavy atom. The normalized spacial score (nSPS) is 20.3. The van der Waals surface area contributed by atoms with Gasteiger partial charge in [0.2, 0.25) is 11.8 Å². The number of aromatic nitrogens is 6. The van der Waals surface area contributed by atoms with Crippen molar-refractivity contribution in [2.24, 2.45) is 5.92 Å². The number of aromatic amines is 1. The molecule has 0 saturated heterocycles. The lowest BCUT2D eigenvalue weighted by Gasteiger charge is -2.30. The van der Waals surface area contributed by atoms with Crippen molar-refractivity contribution in [1.82, 2.24) is 35.3 Å². The van der Waals surface area contributed by atoms with Gasteiger partial charge in [0.15, 0.2) is 0 Å². The standard InChI is InChI=1S/C17H25N7O3/c1-10-20-13(23-24(10)16-18-9-19-22-16)14(25)21-12-7-5-11(6-8-12)15(26)27-17(2,3)4/h9,11-12H,5-8H2,1-4H3,(H,21,25)(H,18,19,22). The molecule has 0 bridgehead atoms. The summed E-state index contributed by atoms with van der Waals surface area (Å²) in [6, 6.07) is -0.00581. The van der Waals surface area contributed by atoms with Crippen molar-refractivity contribution in [1.29, 1.82) is 0 Å². The van der Waals surface area contributed by atoms with E-state index in [1.54, 1.807) is 6.92 Å². The molecule has 0 atom stereocenters. The van der Waals surface area contributed by atoms with E-state index in [-0.39, 0.29) is 29.7 Å². The van der Waals surface area contributed by atoms with E-state index >= 15 is 0 Å². The van der Waals surface area contributed by atoms with E-state index in [0.717, 1.165) is 12.8 Å². The van der Waals surface area contributed by atoms with Crippen LogP contribution in [0.25, 0.3) is 5.95 Å². The van der Waals surface area contributed by atoms with Crippen molar-refractivity contribution >= 4 is 11.9 Å². The van der Waals surface area contributed by atoms with E-state index in [0.29, 0.717) is 24.6 Å². The number of nitrogens with zero attached hydrogens (tertiary/aromatic N) is 5. The maximum atomic E-state index is 12.5. The zero-order valence-electron chi connectivity index (χ0n) is 16.0. The van der Waals surface area contributed by atoms with Crippen LogP contribution in [-0.2, 0) is 9.53 Å². The predicted molar refractivity (Wildman–Crippen MR) is 95.1 cm³/mol. The smallest absolute Gasteiger partial charge is 0.309 e. The third-order valence-corrected chi connectivity index (χ3v) is 4.38. The number of nitrogens with one attached hydrogen (secondary N) is 2. The predicted octanol–water partition coefficient (Wildman–Crippen LogP) is 1.32. The fourth-order valence-electron chi connectivity index (χ4n) is 3.10. The summed E-state index contributed by atoms with van der Waals surface area (Å²) in [5.74, 6) is 0.413. The SMILES string of the molecule is Cc1nc(C(=O)NC2CCC(C(=O)OC(C)(C)C)CC2)nn1-c1ncn[nH]1. The largest absolute Gasteiger partial charge is 0.460 e. The van der Waals surface area contributed by atoms with Crippen LogP contribution in [-0.4, -0.2) is 53.5 Å². The van der Waals surface area contributed by atoms with Gasteiger partial charge < -0.3 is 10.1 Å². The van der Waals surface area contributed by atoms with Gasteiger partial charge in [0, 0.05) is 6.04 Å². The van der Waals surface area contributed by atoms with E-state index in [4.69, 9.17) is 4.74 Å². The van der Waals surface area contributed by atoms with Gasteiger partial charge in [-0.1, -0.05) is 0 Å². The summed E-state index contributed by atoms with van der Waals surface area (Å²) in [6.45, 7) is 7.33. The number of H-pyrrole nitrogens is 1. The number of ether oxygens (including phenoxy) is 1. The third kappa shape index (κ3) is 4.69. The average Bonchev–Trinajstić information content (AvgIpc) is 3.23. The van der Waals surface area contributed by atoms with Crippen molar-refractivity contribution in [2.45, 2.75) is 65.0 Å². The molecule has 3 rings (SSSR count). The Morgan fingerprint density at radius 2 is 1.96 bits per heavy atom. The molecular formula is C17H25N7O3. The molecule has 2 aromatic heterocycles. The molecule has 27 heavy (non-hydrogen) atoms. The molecular weight excluding hydrogens is 350 g/mol. The molecule has 2 heterocycles. The summed E-state index contributed by atoms with van der Waals surface area (Å²) in [5, 5.41) is 13.6. The number of hydrogen-bond donors (Lipinski definition) is 2. The number of hydrogen-bond acceptors (Lipinski definition) is 7. The number of carbonyl (C=O) groups is 2. The van der Waals surface area contributed by atoms with Crippen LogP contribution in [0, 0.1) is 12.8 Å². The van der Waals surface area contributed by atoms with Crippen LogP contribution in [0.3, 0.4) is 0 Å². The fourth-order valence-corrected chi connectivity index (χ4v) is 3.10. The van der Waals surface area contributed by atoms with Crippen molar-refractivity contribution in [3.63, 3.8) is 0 Å². The van der Waals surface area contributed by atoms with Gasteiger partial charge in [-0.25, -0.2) is 10.1 Å². The molecule has 10 heteroatoms. The van der Waals surface area contributed by atoms with Gasteiger partial charge in [-0.3, -0.25) is 9.59 Å². The molecule has 1 fully saturated rings. The van der Waals surface area contributed by atoms with Crippen LogP contribution in [0.15, 0.2) is 6.33 Å². The Kier molecular flexibility index (Phi) is 5.24. The molecule has 146 valence electrons. The van der Waals surface area contributed by atoms with Crippen LogP contribution >= 0.6 is 0 Å². The van der Waals surface area contributed by atoms with Gasteiger partial charge >= 0.3 is 5.97 Å². The molecule has 0 aliphatic heterocycles. The molecule has 10 nitrogen and oxygen atoms in total. The van der Waals surface area contributed by atoms with Crippen molar-refractivity contribution < 1.29 is 14.3 Å². The first-order valence-corrected chi connectivity index (χ1v) is 9.06. The van der Waals surface area contributed by atoms with Crippen LogP contribution in [0.5, 0.6) is 0 Å². The molecule has 0 spiro atoms. The topological polar surface area (TPSA) is 128 Å². The summed E-state index contributed by atoms with van der Waals surface area (Å²) in [4.78, 5) is 32.8. The minimum absolute atomic E-state index is 0.00581. The maximum Gasteiger partial charge on any atom is 0.309 e. The van der Waals surface area contributed by atoms with Gasteiger partial charge in [-0.05, 0) is 53.4 Å². The van der Waals surface area contributed by atoms with E-state index in [1.165, 1.54) is 11.0 Å². The van der Waals surface area contributed by atoms with Gasteiger partial charge in [0.05, 0.1) is 5.92 Å². The number of carbonyl (C=O) groups excluding carboxylic acids is 2. The summed E-state index contributed by atoms with van der Waals surface area (Å²) in [6.07, 6.45) is 4.19. The molecule has 1 aliphatic carbocycles. The summed E-state index contributed by atoms with van der Waals surface area (Å²) < 4.78 is 6.88. The monoisotopic (exact) mass is 375 g/mol. The Labute approximate surface area is 157 Å². The highest BCUT2D eigenvalue weighted by molar-refractivity contribution is 5.90. The molecule has 2 aromatic rings. The lowest BCUT2D eigenvalue weighted by atomic mass is 9.86. The fraction of sp³-hybridized carbons (Fsp3) is 0.647. The Bertz CT molecular complexity index is 799. The van der Waals surface area contributed by atoms with Crippen molar-refractivity contribution in [3.8, 4) is 5.95 Å². The van der Waals surface area contributed by atoms with Crippen LogP contribution in [0.4, 0.5) is 0 Å². The molecule has 0 radical (unpaired) electrons. The van der Waals surface area contributed by atoms with Gasteiger partial charge in [0.1, 0.15) is 17.8 Å². The summed E-state index contributed by atoms with van der Waals surface area (Å²) >= 11 is 0. The first-order valence-electron chi connectivity index (χ1n) is 9.06. The molecule has 1 aliphatic rings. The highest BCUT2D eigenvalue weighted by atomic mass is 16.6. The van der Waals surface area contributed by atoms with E-state index in [1.807, 2.05) is 20.8 Å². The van der Waals surface area contributed by atoms with Gasteiger partial charge in [0.25, 0.3) is 5.91 Å². The zero-order chi connectivity index (χ0) is 19.6. The molecule has 1 saturated carbocycles. The van der Waals surface area contributed by atoms with Crippen LogP contribution in [0.2, 0.25) is 0 Å². The lowest BCUT2D eigenvalue weighted by molar-refractivity contribution is -0.161. The average molecular weight is 375 g/mol. The number of rotatable bonds is 4. The Balaban J connectivity index is 1.54. The lowest BCUT2D eigenvalue weighted by Crippen LogP contribution is -2.40. The highest BCUT2D eigenvalue weighted by Gasteiger charge is 2.31. The number of esters is 1. The van der Waals surface area contributed by atoms with Crippen LogP contribution in [0.1, 0.15) is 62.9 Å². The number of amides is 1. The molecule has 2 N–H and O–H groups in total. The second-order valence-corrected chi connectivity index (χ2v) is 7.76. The first-order chi connectivity index (χ1) is 12.7. The highest BCUT2D eigenvalue weighted by Crippen LogP contribution is 2.27. The molecule has 1 amide bonds. The molecule has 0 unspecified atom stereocenters. The summed E-state index contributed by atoms with van der Waals surface area (Å²) in [5.41, 5.74) is -0.478. The van der Waals surface area contributed by atoms with Gasteiger partial charge in [-0.2, -0.15) is 14.8 Å². The van der Waals surface area contributed by atoms with Gasteiger partial charge in [-0.15, -0.1) is 5.10 Å². The minimum Gasteiger partial charge on any atom is -0.460 e. The number of aryl methyl sites for hydroxylation is 1. The van der Waals surface area contributed by atoms with Crippen molar-refractivity contribution in [3.05, 3.63) is 18.0 Å². The quantitative estimate of drug-likeness (QED) is 0.771. The van der Waals surface area contributed by atoms with E-state index < -0.39 is 5.60 Å². The molecule has 0 aromatic carbocycles. The zero-order valence-corrected chi connectivity index (χ0v) is 16.0. The summed E-state index contributed by atoms with van der Waals surface area (Å²) in [7, 11) is 0.